The van der Waals surface area contributed by atoms with Crippen LogP contribution in [0.1, 0.15) is 0 Å². The molecule has 5 aromatic carbocycles. The Bertz CT molecular complexity index is 1840. The van der Waals surface area contributed by atoms with Crippen molar-refractivity contribution in [1.82, 2.24) is 15.0 Å². The number of rotatable bonds is 4. The summed E-state index contributed by atoms with van der Waals surface area (Å²) in [6.45, 7) is 0. The first-order valence-corrected chi connectivity index (χ1v) is 12.7. The van der Waals surface area contributed by atoms with E-state index in [0.717, 1.165) is 50.2 Å². The summed E-state index contributed by atoms with van der Waals surface area (Å²) in [5.41, 5.74) is 7.95. The Morgan fingerprint density at radius 2 is 0.868 bits per heavy atom. The van der Waals surface area contributed by atoms with E-state index < -0.39 is 0 Å². The van der Waals surface area contributed by atoms with E-state index in [-0.39, 0.29) is 0 Å². The topological polar surface area (TPSA) is 38.7 Å². The van der Waals surface area contributed by atoms with Gasteiger partial charge in [-0.25, -0.2) is 15.0 Å². The van der Waals surface area contributed by atoms with E-state index in [0.29, 0.717) is 5.82 Å². The highest BCUT2D eigenvalue weighted by Crippen LogP contribution is 2.30. The molecule has 0 N–H and O–H groups in total. The highest BCUT2D eigenvalue weighted by Gasteiger charge is 2.11. The fourth-order valence-corrected chi connectivity index (χ4v) is 4.90. The quantitative estimate of drug-likeness (QED) is 0.234. The van der Waals surface area contributed by atoms with Crippen LogP contribution in [0.5, 0.6) is 0 Å². The molecule has 7 rings (SSSR count). The average molecular weight is 486 g/mol. The van der Waals surface area contributed by atoms with Gasteiger partial charge in [-0.05, 0) is 17.5 Å². The van der Waals surface area contributed by atoms with Crippen LogP contribution in [0.4, 0.5) is 0 Å². The number of nitrogens with zero attached hydrogens (tertiary/aromatic N) is 3. The van der Waals surface area contributed by atoms with Gasteiger partial charge in [0.2, 0.25) is 0 Å². The number of aromatic nitrogens is 3. The van der Waals surface area contributed by atoms with Gasteiger partial charge < -0.3 is 0 Å². The van der Waals surface area contributed by atoms with Gasteiger partial charge in [0.05, 0.1) is 22.6 Å². The summed E-state index contributed by atoms with van der Waals surface area (Å²) in [4.78, 5) is 14.9. The molecule has 0 amide bonds. The fraction of sp³-hybridized carbons (Fsp3) is 0. The second kappa shape index (κ2) is 9.38. The number of hydrogen-bond donors (Lipinski definition) is 0. The Labute approximate surface area is 221 Å². The van der Waals surface area contributed by atoms with E-state index >= 15 is 0 Å². The van der Waals surface area contributed by atoms with Gasteiger partial charge in [0, 0.05) is 33.0 Å². The zero-order chi connectivity index (χ0) is 25.3. The van der Waals surface area contributed by atoms with Crippen molar-refractivity contribution in [1.29, 1.82) is 0 Å². The Morgan fingerprint density at radius 1 is 0.342 bits per heavy atom. The summed E-state index contributed by atoms with van der Waals surface area (Å²) >= 11 is 0. The molecular formula is C35H23N3. The minimum atomic E-state index is 0.717. The number of hydrogen-bond acceptors (Lipinski definition) is 3. The highest BCUT2D eigenvalue weighted by atomic mass is 14.9. The summed E-state index contributed by atoms with van der Waals surface area (Å²) < 4.78 is 0. The third-order valence-corrected chi connectivity index (χ3v) is 6.89. The van der Waals surface area contributed by atoms with Crippen LogP contribution < -0.4 is 0 Å². The summed E-state index contributed by atoms with van der Waals surface area (Å²) in [7, 11) is 0. The number of fused-ring (bicyclic) bond motifs is 3. The Balaban J connectivity index is 1.30. The second-order valence-corrected chi connectivity index (χ2v) is 9.33. The molecule has 2 aromatic heterocycles. The molecule has 38 heavy (non-hydrogen) atoms. The van der Waals surface area contributed by atoms with Crippen molar-refractivity contribution in [2.75, 3.05) is 0 Å². The fourth-order valence-electron chi connectivity index (χ4n) is 4.90. The summed E-state index contributed by atoms with van der Waals surface area (Å²) in [5, 5.41) is 3.52. The van der Waals surface area contributed by atoms with Gasteiger partial charge >= 0.3 is 0 Å². The maximum absolute atomic E-state index is 5.06. The highest BCUT2D eigenvalue weighted by molar-refractivity contribution is 6.05. The lowest BCUT2D eigenvalue weighted by molar-refractivity contribution is 1.18. The van der Waals surface area contributed by atoms with Gasteiger partial charge in [-0.1, -0.05) is 127 Å². The molecule has 0 aliphatic heterocycles. The van der Waals surface area contributed by atoms with E-state index in [2.05, 4.69) is 91.0 Å². The van der Waals surface area contributed by atoms with Crippen molar-refractivity contribution in [2.45, 2.75) is 0 Å². The van der Waals surface area contributed by atoms with E-state index in [1.54, 1.807) is 0 Å². The van der Waals surface area contributed by atoms with E-state index in [1.807, 2.05) is 48.5 Å². The van der Waals surface area contributed by atoms with Crippen LogP contribution >= 0.6 is 0 Å². The van der Waals surface area contributed by atoms with Crippen LogP contribution in [-0.4, -0.2) is 15.0 Å². The average Bonchev–Trinajstić information content (AvgIpc) is 3.01. The normalized spacial score (nSPS) is 11.2. The van der Waals surface area contributed by atoms with Gasteiger partial charge in [-0.3, -0.25) is 0 Å². The first-order chi connectivity index (χ1) is 18.8. The van der Waals surface area contributed by atoms with Crippen molar-refractivity contribution in [3.05, 3.63) is 140 Å². The summed E-state index contributed by atoms with van der Waals surface area (Å²) in [5.74, 6) is 0.717. The minimum Gasteiger partial charge on any atom is -0.247 e. The van der Waals surface area contributed by atoms with E-state index in [9.17, 15) is 0 Å². The third-order valence-electron chi connectivity index (χ3n) is 6.89. The standard InChI is InChI=1S/C35H23N3/c1-3-10-25(11-4-1)32-23-33(38-35(37-32)29-12-5-2-6-13-29)27-18-16-26(17-19-27)31-22-21-28-20-15-24-9-7-8-14-30(24)34(28)36-31/h1-23H. The monoisotopic (exact) mass is 485 g/mol. The zero-order valence-corrected chi connectivity index (χ0v) is 20.6. The van der Waals surface area contributed by atoms with E-state index in [4.69, 9.17) is 15.0 Å². The van der Waals surface area contributed by atoms with Gasteiger partial charge in [-0.15, -0.1) is 0 Å². The zero-order valence-electron chi connectivity index (χ0n) is 20.6. The second-order valence-electron chi connectivity index (χ2n) is 9.33. The van der Waals surface area contributed by atoms with Crippen LogP contribution in [0, 0.1) is 0 Å². The number of pyridine rings is 1. The van der Waals surface area contributed by atoms with E-state index in [1.165, 1.54) is 10.8 Å². The van der Waals surface area contributed by atoms with Crippen molar-refractivity contribution in [3.8, 4) is 45.2 Å². The Morgan fingerprint density at radius 3 is 1.58 bits per heavy atom. The maximum Gasteiger partial charge on any atom is 0.160 e. The third kappa shape index (κ3) is 4.10. The Hall–Kier alpha value is -5.15. The molecule has 0 atom stereocenters. The smallest absolute Gasteiger partial charge is 0.160 e. The van der Waals surface area contributed by atoms with Crippen LogP contribution in [0.15, 0.2) is 140 Å². The molecule has 0 bridgehead atoms. The molecule has 0 aliphatic carbocycles. The van der Waals surface area contributed by atoms with Gasteiger partial charge in [-0.2, -0.15) is 0 Å². The predicted octanol–water partition coefficient (Wildman–Crippen LogP) is 8.85. The van der Waals surface area contributed by atoms with Crippen LogP contribution in [0.2, 0.25) is 0 Å². The Kier molecular flexibility index (Phi) is 5.45. The molecule has 0 radical (unpaired) electrons. The molecule has 0 unspecified atom stereocenters. The lowest BCUT2D eigenvalue weighted by Gasteiger charge is -2.10. The first kappa shape index (κ1) is 22.1. The molecule has 7 aromatic rings. The van der Waals surface area contributed by atoms with Crippen molar-refractivity contribution < 1.29 is 0 Å². The largest absolute Gasteiger partial charge is 0.247 e. The molecule has 2 heterocycles. The minimum absolute atomic E-state index is 0.717. The molecule has 0 saturated carbocycles. The van der Waals surface area contributed by atoms with Gasteiger partial charge in [0.15, 0.2) is 5.82 Å². The van der Waals surface area contributed by atoms with Crippen LogP contribution in [-0.2, 0) is 0 Å². The first-order valence-electron chi connectivity index (χ1n) is 12.7. The predicted molar refractivity (Wildman–Crippen MR) is 157 cm³/mol. The van der Waals surface area contributed by atoms with Crippen molar-refractivity contribution in [3.63, 3.8) is 0 Å². The maximum atomic E-state index is 5.06. The molecule has 0 aliphatic rings. The van der Waals surface area contributed by atoms with Crippen molar-refractivity contribution in [2.24, 2.45) is 0 Å². The molecule has 3 nitrogen and oxygen atoms in total. The SMILES string of the molecule is c1ccc(-c2cc(-c3ccc(-c4ccc5ccc6ccccc6c5n4)cc3)nc(-c3ccccc3)n2)cc1. The number of benzene rings is 5. The molecule has 0 saturated heterocycles. The molecule has 0 fully saturated rings. The summed E-state index contributed by atoms with van der Waals surface area (Å²) in [6.07, 6.45) is 0. The molecular weight excluding hydrogens is 462 g/mol. The van der Waals surface area contributed by atoms with Crippen LogP contribution in [0.25, 0.3) is 66.8 Å². The van der Waals surface area contributed by atoms with Gasteiger partial charge in [0.25, 0.3) is 0 Å². The summed E-state index contributed by atoms with van der Waals surface area (Å²) in [6, 6.07) is 47.9. The molecule has 3 heteroatoms. The molecule has 178 valence electrons. The lowest BCUT2D eigenvalue weighted by Crippen LogP contribution is -1.96. The van der Waals surface area contributed by atoms with Gasteiger partial charge in [0.1, 0.15) is 0 Å². The van der Waals surface area contributed by atoms with Crippen LogP contribution in [0.3, 0.4) is 0 Å². The van der Waals surface area contributed by atoms with Crippen molar-refractivity contribution >= 4 is 21.7 Å². The molecule has 0 spiro atoms. The lowest BCUT2D eigenvalue weighted by atomic mass is 10.0.